The quantitative estimate of drug-likeness (QED) is 0.481. The molecule has 0 bridgehead atoms. The van der Waals surface area contributed by atoms with Crippen LogP contribution in [0.25, 0.3) is 10.9 Å². The fraction of sp³-hybridized carbons (Fsp3) is 0.286. The highest BCUT2D eigenvalue weighted by Crippen LogP contribution is 2.31. The topological polar surface area (TPSA) is 123 Å². The van der Waals surface area contributed by atoms with Crippen LogP contribution in [0.2, 0.25) is 0 Å². The predicted octanol–water partition coefficient (Wildman–Crippen LogP) is 1.10. The van der Waals surface area contributed by atoms with Gasteiger partial charge in [0, 0.05) is 17.8 Å². The number of benzene rings is 1. The number of nitro benzene ring substituents is 1. The van der Waals surface area contributed by atoms with Crippen LogP contribution >= 0.6 is 0 Å². The number of fused-ring (bicyclic) bond motifs is 1. The average Bonchev–Trinajstić information content (AvgIpc) is 2.52. The van der Waals surface area contributed by atoms with Crippen molar-refractivity contribution >= 4 is 22.6 Å². The van der Waals surface area contributed by atoms with Gasteiger partial charge in [0.15, 0.2) is 6.10 Å². The maximum atomic E-state index is 11.5. The molecule has 2 atom stereocenters. The summed E-state index contributed by atoms with van der Waals surface area (Å²) in [5.74, 6) is -0.975. The molecule has 1 heterocycles. The number of carbonyl (C=O) groups is 1. The molecule has 22 heavy (non-hydrogen) atoms. The van der Waals surface area contributed by atoms with Gasteiger partial charge in [0.25, 0.3) is 5.69 Å². The second kappa shape index (κ2) is 6.46. The second-order valence-electron chi connectivity index (χ2n) is 4.47. The first kappa shape index (κ1) is 15.8. The number of nitro groups is 1. The number of esters is 1. The fourth-order valence-corrected chi connectivity index (χ4v) is 2.10. The van der Waals surface area contributed by atoms with Crippen molar-refractivity contribution in [2.45, 2.75) is 19.1 Å². The maximum Gasteiger partial charge on any atom is 0.338 e. The lowest BCUT2D eigenvalue weighted by Gasteiger charge is -2.17. The first-order valence-corrected chi connectivity index (χ1v) is 6.52. The summed E-state index contributed by atoms with van der Waals surface area (Å²) >= 11 is 0. The number of aliphatic hydroxyl groups excluding tert-OH is 2. The minimum Gasteiger partial charge on any atom is -0.464 e. The molecule has 2 N–H and O–H groups in total. The van der Waals surface area contributed by atoms with E-state index in [2.05, 4.69) is 9.72 Å². The van der Waals surface area contributed by atoms with Gasteiger partial charge in [-0.15, -0.1) is 0 Å². The first-order chi connectivity index (χ1) is 10.5. The van der Waals surface area contributed by atoms with Crippen LogP contribution in [0.15, 0.2) is 30.5 Å². The highest BCUT2D eigenvalue weighted by Gasteiger charge is 2.29. The summed E-state index contributed by atoms with van der Waals surface area (Å²) in [6, 6.07) is 5.46. The van der Waals surface area contributed by atoms with Crippen LogP contribution in [0.3, 0.4) is 0 Å². The minimum absolute atomic E-state index is 0.0574. The Hall–Kier alpha value is -2.58. The van der Waals surface area contributed by atoms with Crippen LogP contribution in [0, 0.1) is 10.1 Å². The van der Waals surface area contributed by atoms with Crippen LogP contribution in [-0.4, -0.2) is 38.8 Å². The van der Waals surface area contributed by atoms with Gasteiger partial charge in [-0.25, -0.2) is 4.79 Å². The van der Waals surface area contributed by atoms with Crippen LogP contribution < -0.4 is 0 Å². The summed E-state index contributed by atoms with van der Waals surface area (Å²) in [5.41, 5.74) is 0.0824. The molecule has 0 aliphatic carbocycles. The minimum atomic E-state index is -1.80. The molecular formula is C14H14N2O6. The zero-order chi connectivity index (χ0) is 16.3. The molecule has 0 saturated heterocycles. The molecule has 2 rings (SSSR count). The van der Waals surface area contributed by atoms with E-state index < -0.39 is 23.1 Å². The summed E-state index contributed by atoms with van der Waals surface area (Å²) in [6.07, 6.45) is -2.00. The second-order valence-corrected chi connectivity index (χ2v) is 4.47. The number of carbonyl (C=O) groups excluding carboxylic acids is 1. The van der Waals surface area contributed by atoms with E-state index in [9.17, 15) is 25.1 Å². The van der Waals surface area contributed by atoms with Crippen LogP contribution in [0.1, 0.15) is 18.6 Å². The molecule has 1 aromatic heterocycles. The first-order valence-electron chi connectivity index (χ1n) is 6.52. The lowest BCUT2D eigenvalue weighted by Crippen LogP contribution is -2.30. The third-order valence-electron chi connectivity index (χ3n) is 3.12. The Morgan fingerprint density at radius 1 is 1.41 bits per heavy atom. The van der Waals surface area contributed by atoms with E-state index in [4.69, 9.17) is 0 Å². The normalized spacial score (nSPS) is 13.6. The molecule has 0 radical (unpaired) electrons. The van der Waals surface area contributed by atoms with E-state index in [0.29, 0.717) is 0 Å². The van der Waals surface area contributed by atoms with E-state index >= 15 is 0 Å². The lowest BCUT2D eigenvalue weighted by atomic mass is 10.00. The van der Waals surface area contributed by atoms with Gasteiger partial charge in [0.05, 0.1) is 22.4 Å². The Labute approximate surface area is 125 Å². The Morgan fingerprint density at radius 2 is 2.14 bits per heavy atom. The van der Waals surface area contributed by atoms with Crippen molar-refractivity contribution < 1.29 is 24.7 Å². The summed E-state index contributed by atoms with van der Waals surface area (Å²) in [7, 11) is 0. The average molecular weight is 306 g/mol. The molecule has 0 aliphatic heterocycles. The van der Waals surface area contributed by atoms with Crippen molar-refractivity contribution in [1.29, 1.82) is 0 Å². The molecule has 0 saturated carbocycles. The van der Waals surface area contributed by atoms with Gasteiger partial charge in [-0.1, -0.05) is 0 Å². The number of pyridine rings is 1. The van der Waals surface area contributed by atoms with E-state index in [-0.39, 0.29) is 28.8 Å². The Morgan fingerprint density at radius 3 is 2.77 bits per heavy atom. The van der Waals surface area contributed by atoms with E-state index in [1.54, 1.807) is 6.92 Å². The van der Waals surface area contributed by atoms with Crippen LogP contribution in [0.5, 0.6) is 0 Å². The molecule has 8 heteroatoms. The molecule has 116 valence electrons. The number of hydrogen-bond acceptors (Lipinski definition) is 7. The van der Waals surface area contributed by atoms with E-state index in [1.807, 2.05) is 0 Å². The molecule has 0 spiro atoms. The zero-order valence-corrected chi connectivity index (χ0v) is 11.7. The molecule has 2 aromatic rings. The zero-order valence-electron chi connectivity index (χ0n) is 11.7. The molecule has 0 amide bonds. The molecule has 0 fully saturated rings. The highest BCUT2D eigenvalue weighted by atomic mass is 16.6. The molecule has 2 unspecified atom stereocenters. The number of aliphatic hydroxyl groups is 2. The standard InChI is InChI=1S/C14H14N2O6/c1-2-22-14(19)13(18)12(17)9-5-6-10(16(20)21)8-4-3-7-15-11(8)9/h3-7,12-13,17-18H,2H2,1H3. The highest BCUT2D eigenvalue weighted by molar-refractivity contribution is 5.91. The number of rotatable bonds is 5. The van der Waals surface area contributed by atoms with Gasteiger partial charge in [-0.2, -0.15) is 0 Å². The largest absolute Gasteiger partial charge is 0.464 e. The number of aromatic nitrogens is 1. The van der Waals surface area contributed by atoms with Gasteiger partial charge in [0.1, 0.15) is 6.10 Å². The summed E-state index contributed by atoms with van der Waals surface area (Å²) in [6.45, 7) is 1.63. The SMILES string of the molecule is CCOC(=O)C(O)C(O)c1ccc([N+](=O)[O-])c2cccnc12. The molecular weight excluding hydrogens is 292 g/mol. The van der Waals surface area contributed by atoms with Gasteiger partial charge < -0.3 is 14.9 Å². The smallest absolute Gasteiger partial charge is 0.338 e. The third-order valence-corrected chi connectivity index (χ3v) is 3.12. The van der Waals surface area contributed by atoms with Crippen molar-refractivity contribution in [2.24, 2.45) is 0 Å². The van der Waals surface area contributed by atoms with Gasteiger partial charge in [-0.3, -0.25) is 15.1 Å². The van der Waals surface area contributed by atoms with Crippen molar-refractivity contribution in [3.63, 3.8) is 0 Å². The Bertz CT molecular complexity index is 718. The van der Waals surface area contributed by atoms with Gasteiger partial charge >= 0.3 is 5.97 Å². The van der Waals surface area contributed by atoms with Crippen molar-refractivity contribution in [1.82, 2.24) is 4.98 Å². The van der Waals surface area contributed by atoms with Crippen LogP contribution in [-0.2, 0) is 9.53 Å². The number of ether oxygens (including phenoxy) is 1. The monoisotopic (exact) mass is 306 g/mol. The van der Waals surface area contributed by atoms with Gasteiger partial charge in [0.2, 0.25) is 0 Å². The van der Waals surface area contributed by atoms with Gasteiger partial charge in [-0.05, 0) is 25.1 Å². The molecule has 0 aliphatic rings. The predicted molar refractivity (Wildman–Crippen MR) is 76.0 cm³/mol. The molecule has 8 nitrogen and oxygen atoms in total. The van der Waals surface area contributed by atoms with Crippen molar-refractivity contribution in [3.05, 3.63) is 46.1 Å². The fourth-order valence-electron chi connectivity index (χ4n) is 2.10. The third kappa shape index (κ3) is 2.87. The lowest BCUT2D eigenvalue weighted by molar-refractivity contribution is -0.383. The Kier molecular flexibility index (Phi) is 4.64. The van der Waals surface area contributed by atoms with E-state index in [1.165, 1.54) is 30.5 Å². The van der Waals surface area contributed by atoms with E-state index in [0.717, 1.165) is 0 Å². The van der Waals surface area contributed by atoms with Crippen molar-refractivity contribution in [2.75, 3.05) is 6.61 Å². The Balaban J connectivity index is 2.50. The summed E-state index contributed by atoms with van der Waals surface area (Å²) in [4.78, 5) is 26.0. The number of non-ortho nitro benzene ring substituents is 1. The molecule has 1 aromatic carbocycles. The summed E-state index contributed by atoms with van der Waals surface area (Å²) < 4.78 is 4.64. The van der Waals surface area contributed by atoms with Crippen molar-refractivity contribution in [3.8, 4) is 0 Å². The van der Waals surface area contributed by atoms with Crippen LogP contribution in [0.4, 0.5) is 5.69 Å². The number of nitrogens with zero attached hydrogens (tertiary/aromatic N) is 2. The summed E-state index contributed by atoms with van der Waals surface area (Å²) in [5, 5.41) is 31.2. The maximum absolute atomic E-state index is 11.5. The number of hydrogen-bond donors (Lipinski definition) is 2.